The van der Waals surface area contributed by atoms with Crippen LogP contribution in [0.4, 0.5) is 10.1 Å². The number of halogens is 3. The summed E-state index contributed by atoms with van der Waals surface area (Å²) in [5.74, 6) is 0.163. The highest BCUT2D eigenvalue weighted by molar-refractivity contribution is 6.30. The van der Waals surface area contributed by atoms with E-state index >= 15 is 0 Å². The number of hydrogen-bond acceptors (Lipinski definition) is 3. The maximum atomic E-state index is 13.0. The molecule has 2 aromatic carbocycles. The maximum Gasteiger partial charge on any atom is 0.270 e. The lowest BCUT2D eigenvalue weighted by Crippen LogP contribution is -1.94. The zero-order valence-electron chi connectivity index (χ0n) is 9.98. The molecule has 0 amide bonds. The summed E-state index contributed by atoms with van der Waals surface area (Å²) in [5, 5.41) is 10.6. The van der Waals surface area contributed by atoms with E-state index in [9.17, 15) is 14.5 Å². The Kier molecular flexibility index (Phi) is 4.42. The van der Waals surface area contributed by atoms with E-state index in [1.807, 2.05) is 0 Å². The lowest BCUT2D eigenvalue weighted by atomic mass is 10.2. The van der Waals surface area contributed by atoms with Gasteiger partial charge in [0, 0.05) is 23.8 Å². The van der Waals surface area contributed by atoms with Gasteiger partial charge in [0.2, 0.25) is 0 Å². The van der Waals surface area contributed by atoms with Gasteiger partial charge in [-0.15, -0.1) is 11.6 Å². The molecule has 2 rings (SSSR count). The van der Waals surface area contributed by atoms with Gasteiger partial charge in [-0.25, -0.2) is 4.39 Å². The summed E-state index contributed by atoms with van der Waals surface area (Å²) >= 11 is 11.4. The first-order valence-corrected chi connectivity index (χ1v) is 6.38. The van der Waals surface area contributed by atoms with Gasteiger partial charge in [0.25, 0.3) is 5.69 Å². The lowest BCUT2D eigenvalue weighted by molar-refractivity contribution is -0.384. The minimum Gasteiger partial charge on any atom is -0.457 e. The first-order valence-electron chi connectivity index (χ1n) is 5.47. The second kappa shape index (κ2) is 6.07. The Hall–Kier alpha value is -1.85. The molecule has 0 saturated carbocycles. The number of nitro benzene ring substituents is 1. The van der Waals surface area contributed by atoms with Crippen LogP contribution in [0.25, 0.3) is 0 Å². The second-order valence-electron chi connectivity index (χ2n) is 3.86. The molecule has 0 atom stereocenters. The van der Waals surface area contributed by atoms with Crippen molar-refractivity contribution in [2.45, 2.75) is 5.88 Å². The van der Waals surface area contributed by atoms with Crippen molar-refractivity contribution in [1.29, 1.82) is 0 Å². The zero-order chi connectivity index (χ0) is 14.7. The third-order valence-corrected chi connectivity index (χ3v) is 3.10. The molecule has 0 saturated heterocycles. The van der Waals surface area contributed by atoms with Crippen LogP contribution in [0.15, 0.2) is 36.4 Å². The number of nitrogens with zero attached hydrogens (tertiary/aromatic N) is 1. The highest BCUT2D eigenvalue weighted by Gasteiger charge is 2.12. The van der Waals surface area contributed by atoms with Crippen LogP contribution in [-0.2, 0) is 5.88 Å². The Balaban J connectivity index is 2.32. The summed E-state index contributed by atoms with van der Waals surface area (Å²) in [5.41, 5.74) is 0.381. The molecule has 0 aliphatic rings. The van der Waals surface area contributed by atoms with Crippen molar-refractivity contribution in [2.75, 3.05) is 0 Å². The number of alkyl halides is 1. The number of non-ortho nitro benzene ring substituents is 1. The average molecular weight is 316 g/mol. The van der Waals surface area contributed by atoms with Crippen molar-refractivity contribution in [2.24, 2.45) is 0 Å². The molecule has 0 N–H and O–H groups in total. The topological polar surface area (TPSA) is 52.4 Å². The van der Waals surface area contributed by atoms with E-state index in [1.54, 1.807) is 0 Å². The van der Waals surface area contributed by atoms with Crippen LogP contribution < -0.4 is 4.74 Å². The maximum absolute atomic E-state index is 13.0. The molecule has 0 bridgehead atoms. The van der Waals surface area contributed by atoms with E-state index in [1.165, 1.54) is 36.4 Å². The lowest BCUT2D eigenvalue weighted by Gasteiger charge is -2.09. The van der Waals surface area contributed by atoms with Gasteiger partial charge in [0.05, 0.1) is 15.8 Å². The Labute approximate surface area is 123 Å². The minimum absolute atomic E-state index is 0.0476. The molecule has 2 aromatic rings. The molecule has 0 spiro atoms. The Morgan fingerprint density at radius 2 is 2.00 bits per heavy atom. The summed E-state index contributed by atoms with van der Waals surface area (Å²) in [6, 6.07) is 7.96. The van der Waals surface area contributed by atoms with Crippen LogP contribution >= 0.6 is 23.2 Å². The van der Waals surface area contributed by atoms with Gasteiger partial charge in [-0.3, -0.25) is 10.1 Å². The molecule has 0 aromatic heterocycles. The average Bonchev–Trinajstić information content (AvgIpc) is 2.43. The number of rotatable bonds is 4. The molecule has 0 fully saturated rings. The van der Waals surface area contributed by atoms with Crippen molar-refractivity contribution in [1.82, 2.24) is 0 Å². The monoisotopic (exact) mass is 315 g/mol. The van der Waals surface area contributed by atoms with E-state index in [4.69, 9.17) is 27.9 Å². The van der Waals surface area contributed by atoms with Crippen molar-refractivity contribution in [3.05, 3.63) is 62.9 Å². The molecular formula is C13H8Cl2FNO3. The minimum atomic E-state index is -0.555. The fraction of sp³-hybridized carbons (Fsp3) is 0.0769. The van der Waals surface area contributed by atoms with Crippen LogP contribution in [0, 0.1) is 15.9 Å². The van der Waals surface area contributed by atoms with E-state index in [-0.39, 0.29) is 16.6 Å². The van der Waals surface area contributed by atoms with E-state index < -0.39 is 10.7 Å². The number of nitro groups is 1. The summed E-state index contributed by atoms with van der Waals surface area (Å²) < 4.78 is 18.6. The molecule has 20 heavy (non-hydrogen) atoms. The highest BCUT2D eigenvalue weighted by Crippen LogP contribution is 2.31. The van der Waals surface area contributed by atoms with Crippen LogP contribution in [0.3, 0.4) is 0 Å². The molecule has 7 heteroatoms. The van der Waals surface area contributed by atoms with Gasteiger partial charge in [-0.05, 0) is 18.2 Å². The van der Waals surface area contributed by atoms with Crippen LogP contribution in [0.1, 0.15) is 5.56 Å². The van der Waals surface area contributed by atoms with Crippen LogP contribution in [0.5, 0.6) is 11.5 Å². The SMILES string of the molecule is O=[N+]([O-])c1ccc(Oc2ccc(F)c(Cl)c2)c(CCl)c1. The Bertz CT molecular complexity index is 664. The molecule has 104 valence electrons. The molecule has 0 heterocycles. The zero-order valence-corrected chi connectivity index (χ0v) is 11.5. The normalized spacial score (nSPS) is 10.3. The number of benzene rings is 2. The summed E-state index contributed by atoms with van der Waals surface area (Å²) in [7, 11) is 0. The second-order valence-corrected chi connectivity index (χ2v) is 4.54. The molecule has 0 radical (unpaired) electrons. The Morgan fingerprint density at radius 3 is 2.60 bits per heavy atom. The highest BCUT2D eigenvalue weighted by atomic mass is 35.5. The predicted octanol–water partition coefficient (Wildman–Crippen LogP) is 4.92. The molecule has 4 nitrogen and oxygen atoms in total. The summed E-state index contributed by atoms with van der Waals surface area (Å²) in [4.78, 5) is 10.2. The summed E-state index contributed by atoms with van der Waals surface area (Å²) in [6.45, 7) is 0. The smallest absolute Gasteiger partial charge is 0.270 e. The van der Waals surface area contributed by atoms with E-state index in [2.05, 4.69) is 0 Å². The van der Waals surface area contributed by atoms with Crippen LogP contribution in [-0.4, -0.2) is 4.92 Å². The van der Waals surface area contributed by atoms with Gasteiger partial charge in [-0.2, -0.15) is 0 Å². The fourth-order valence-corrected chi connectivity index (χ4v) is 1.93. The molecule has 0 unspecified atom stereocenters. The van der Waals surface area contributed by atoms with Gasteiger partial charge in [0.1, 0.15) is 17.3 Å². The van der Waals surface area contributed by atoms with Crippen molar-refractivity contribution < 1.29 is 14.1 Å². The van der Waals surface area contributed by atoms with E-state index in [0.717, 1.165) is 0 Å². The first-order chi connectivity index (χ1) is 9.51. The van der Waals surface area contributed by atoms with E-state index in [0.29, 0.717) is 17.1 Å². The van der Waals surface area contributed by atoms with Crippen LogP contribution in [0.2, 0.25) is 5.02 Å². The predicted molar refractivity (Wildman–Crippen MR) is 74.1 cm³/mol. The standard InChI is InChI=1S/C13H8Cl2FNO3/c14-7-8-5-9(17(18)19)1-4-13(8)20-10-2-3-12(16)11(15)6-10/h1-6H,7H2. The molecule has 0 aliphatic heterocycles. The van der Waals surface area contributed by atoms with Crippen molar-refractivity contribution >= 4 is 28.9 Å². The molecule has 0 aliphatic carbocycles. The third-order valence-electron chi connectivity index (χ3n) is 2.52. The number of hydrogen-bond donors (Lipinski definition) is 0. The van der Waals surface area contributed by atoms with Crippen molar-refractivity contribution in [3.8, 4) is 11.5 Å². The largest absolute Gasteiger partial charge is 0.457 e. The van der Waals surface area contributed by atoms with Crippen molar-refractivity contribution in [3.63, 3.8) is 0 Å². The first kappa shape index (κ1) is 14.6. The third kappa shape index (κ3) is 3.18. The summed E-state index contributed by atoms with van der Waals surface area (Å²) in [6.07, 6.45) is 0. The number of ether oxygens (including phenoxy) is 1. The molecular weight excluding hydrogens is 308 g/mol. The quantitative estimate of drug-likeness (QED) is 0.457. The fourth-order valence-electron chi connectivity index (χ4n) is 1.55. The van der Waals surface area contributed by atoms with Gasteiger partial charge < -0.3 is 4.74 Å². The van der Waals surface area contributed by atoms with Gasteiger partial charge in [0.15, 0.2) is 0 Å². The van der Waals surface area contributed by atoms with Gasteiger partial charge in [-0.1, -0.05) is 11.6 Å². The Morgan fingerprint density at radius 1 is 1.25 bits per heavy atom. The van der Waals surface area contributed by atoms with Gasteiger partial charge >= 0.3 is 0 Å².